The fraction of sp³-hybridized carbons (Fsp3) is 0.125. The molecule has 4 N–H and O–H groups in total. The quantitative estimate of drug-likeness (QED) is 0.603. The highest BCUT2D eigenvalue weighted by molar-refractivity contribution is 6.00. The van der Waals surface area contributed by atoms with Crippen molar-refractivity contribution in [3.05, 3.63) is 23.5 Å². The number of anilines is 1. The Labute approximate surface area is 86.8 Å². The zero-order valence-electron chi connectivity index (χ0n) is 7.64. The molecule has 4 nitrogen and oxygen atoms in total. The molecule has 0 aromatic heterocycles. The Morgan fingerprint density at radius 3 is 2.31 bits per heavy atom. The third-order valence-electron chi connectivity index (χ3n) is 1.57. The van der Waals surface area contributed by atoms with Crippen LogP contribution in [0.25, 0.3) is 0 Å². The molecule has 1 aromatic rings. The van der Waals surface area contributed by atoms with E-state index in [1.165, 1.54) is 0 Å². The van der Waals surface area contributed by atoms with Crippen molar-refractivity contribution in [1.29, 1.82) is 0 Å². The summed E-state index contributed by atoms with van der Waals surface area (Å²) in [7, 11) is 0. The molecule has 0 bridgehead atoms. The topological polar surface area (TPSA) is 78.3 Å². The van der Waals surface area contributed by atoms with Crippen molar-refractivity contribution in [2.24, 2.45) is 5.73 Å². The van der Waals surface area contributed by atoms with Gasteiger partial charge in [-0.2, -0.15) is 0 Å². The Kier molecular flexibility index (Phi) is 2.92. The maximum Gasteiger partial charge on any atom is 0.573 e. The van der Waals surface area contributed by atoms with Crippen molar-refractivity contribution < 1.29 is 27.1 Å². The first kappa shape index (κ1) is 12.1. The summed E-state index contributed by atoms with van der Waals surface area (Å²) in [4.78, 5) is 10.8. The zero-order chi connectivity index (χ0) is 12.5. The molecular weight excluding hydrogens is 232 g/mol. The highest BCUT2D eigenvalue weighted by Gasteiger charge is 2.33. The van der Waals surface area contributed by atoms with Gasteiger partial charge >= 0.3 is 6.36 Å². The van der Waals surface area contributed by atoms with Crippen LogP contribution in [0, 0.1) is 5.82 Å². The smallest absolute Gasteiger partial charge is 0.405 e. The number of nitrogen functional groups attached to an aromatic ring is 1. The van der Waals surface area contributed by atoms with Crippen LogP contribution in [0.4, 0.5) is 23.2 Å². The number of alkyl halides is 3. The standard InChI is InChI=1S/C8H6F4N2O2/c9-3-1-4(13)6(7(14)15)5(2-3)16-8(10,11)12/h1-2H,13H2,(H2,14,15). The number of amides is 1. The van der Waals surface area contributed by atoms with Crippen molar-refractivity contribution in [1.82, 2.24) is 0 Å². The molecule has 0 fully saturated rings. The normalized spacial score (nSPS) is 11.2. The van der Waals surface area contributed by atoms with E-state index in [0.29, 0.717) is 12.1 Å². The first-order valence-corrected chi connectivity index (χ1v) is 3.85. The van der Waals surface area contributed by atoms with E-state index < -0.39 is 35.1 Å². The molecule has 0 aliphatic carbocycles. The van der Waals surface area contributed by atoms with Gasteiger partial charge in [0, 0.05) is 6.07 Å². The van der Waals surface area contributed by atoms with Crippen LogP contribution in [0.5, 0.6) is 5.75 Å². The van der Waals surface area contributed by atoms with Crippen LogP contribution in [0.15, 0.2) is 12.1 Å². The largest absolute Gasteiger partial charge is 0.573 e. The van der Waals surface area contributed by atoms with Gasteiger partial charge in [-0.15, -0.1) is 13.2 Å². The Balaban J connectivity index is 3.30. The highest BCUT2D eigenvalue weighted by atomic mass is 19.4. The van der Waals surface area contributed by atoms with Crippen LogP contribution in [-0.2, 0) is 0 Å². The number of hydrogen-bond acceptors (Lipinski definition) is 3. The second-order valence-corrected chi connectivity index (χ2v) is 2.78. The number of carbonyl (C=O) groups is 1. The lowest BCUT2D eigenvalue weighted by Gasteiger charge is -2.13. The summed E-state index contributed by atoms with van der Waals surface area (Å²) < 4.78 is 51.9. The number of ether oxygens (including phenoxy) is 1. The van der Waals surface area contributed by atoms with Crippen molar-refractivity contribution in [2.75, 3.05) is 5.73 Å². The number of halogens is 4. The first-order chi connectivity index (χ1) is 7.20. The predicted octanol–water partition coefficient (Wildman–Crippen LogP) is 1.41. The van der Waals surface area contributed by atoms with E-state index in [0.717, 1.165) is 0 Å². The van der Waals surface area contributed by atoms with Crippen molar-refractivity contribution in [2.45, 2.75) is 6.36 Å². The van der Waals surface area contributed by atoms with E-state index in [2.05, 4.69) is 4.74 Å². The van der Waals surface area contributed by atoms with Crippen LogP contribution < -0.4 is 16.2 Å². The Morgan fingerprint density at radius 1 is 1.31 bits per heavy atom. The van der Waals surface area contributed by atoms with Gasteiger partial charge in [0.1, 0.15) is 17.1 Å². The van der Waals surface area contributed by atoms with Gasteiger partial charge in [0.2, 0.25) is 0 Å². The van der Waals surface area contributed by atoms with Crippen LogP contribution in [0.3, 0.4) is 0 Å². The molecule has 8 heteroatoms. The van der Waals surface area contributed by atoms with Crippen molar-refractivity contribution in [3.8, 4) is 5.75 Å². The van der Waals surface area contributed by atoms with Crippen LogP contribution >= 0.6 is 0 Å². The third kappa shape index (κ3) is 2.75. The van der Waals surface area contributed by atoms with Crippen molar-refractivity contribution >= 4 is 11.6 Å². The molecule has 0 aliphatic heterocycles. The molecule has 1 rings (SSSR count). The SMILES string of the molecule is NC(=O)c1c(N)cc(F)cc1OC(F)(F)F. The van der Waals surface area contributed by atoms with Gasteiger partial charge in [0.25, 0.3) is 5.91 Å². The van der Waals surface area contributed by atoms with Gasteiger partial charge in [-0.3, -0.25) is 4.79 Å². The molecule has 0 saturated heterocycles. The molecule has 88 valence electrons. The monoisotopic (exact) mass is 238 g/mol. The third-order valence-corrected chi connectivity index (χ3v) is 1.57. The molecule has 0 aliphatic rings. The van der Waals surface area contributed by atoms with E-state index in [1.54, 1.807) is 0 Å². The lowest BCUT2D eigenvalue weighted by Crippen LogP contribution is -2.22. The Hall–Kier alpha value is -1.99. The molecule has 0 spiro atoms. The average Bonchev–Trinajstić information content (AvgIpc) is 1.96. The van der Waals surface area contributed by atoms with Gasteiger partial charge in [-0.05, 0) is 6.07 Å². The summed E-state index contributed by atoms with van der Waals surface area (Å²) in [5.41, 5.74) is 8.72. The number of carbonyl (C=O) groups excluding carboxylic acids is 1. The van der Waals surface area contributed by atoms with Gasteiger partial charge in [-0.1, -0.05) is 0 Å². The van der Waals surface area contributed by atoms with Crippen LogP contribution in [-0.4, -0.2) is 12.3 Å². The highest BCUT2D eigenvalue weighted by Crippen LogP contribution is 2.30. The maximum absolute atomic E-state index is 12.8. The molecule has 0 radical (unpaired) electrons. The Morgan fingerprint density at radius 2 is 1.88 bits per heavy atom. The van der Waals surface area contributed by atoms with Crippen molar-refractivity contribution in [3.63, 3.8) is 0 Å². The lowest BCUT2D eigenvalue weighted by atomic mass is 10.1. The molecule has 0 saturated carbocycles. The number of benzene rings is 1. The number of hydrogen-bond donors (Lipinski definition) is 2. The van der Waals surface area contributed by atoms with E-state index in [4.69, 9.17) is 11.5 Å². The summed E-state index contributed by atoms with van der Waals surface area (Å²) in [5.74, 6) is -3.36. The molecule has 0 unspecified atom stereocenters. The fourth-order valence-corrected chi connectivity index (χ4v) is 1.07. The second kappa shape index (κ2) is 3.87. The second-order valence-electron chi connectivity index (χ2n) is 2.78. The van der Waals surface area contributed by atoms with E-state index in [9.17, 15) is 22.4 Å². The maximum atomic E-state index is 12.8. The summed E-state index contributed by atoms with van der Waals surface area (Å²) in [5, 5.41) is 0. The minimum Gasteiger partial charge on any atom is -0.405 e. The minimum atomic E-state index is -5.07. The number of rotatable bonds is 2. The number of primary amides is 1. The van der Waals surface area contributed by atoms with E-state index in [1.807, 2.05) is 0 Å². The minimum absolute atomic E-state index is 0.379. The molecule has 0 heterocycles. The van der Waals surface area contributed by atoms with E-state index >= 15 is 0 Å². The summed E-state index contributed by atoms with van der Waals surface area (Å²) in [6, 6.07) is 1.05. The summed E-state index contributed by atoms with van der Waals surface area (Å²) >= 11 is 0. The zero-order valence-corrected chi connectivity index (χ0v) is 7.64. The average molecular weight is 238 g/mol. The van der Waals surface area contributed by atoms with Crippen LogP contribution in [0.2, 0.25) is 0 Å². The molecule has 1 aromatic carbocycles. The molecule has 16 heavy (non-hydrogen) atoms. The van der Waals surface area contributed by atoms with Gasteiger partial charge in [0.15, 0.2) is 0 Å². The molecule has 1 amide bonds. The summed E-state index contributed by atoms with van der Waals surface area (Å²) in [6.45, 7) is 0. The molecule has 0 atom stereocenters. The first-order valence-electron chi connectivity index (χ1n) is 3.85. The van der Waals surface area contributed by atoms with Gasteiger partial charge < -0.3 is 16.2 Å². The van der Waals surface area contributed by atoms with Crippen LogP contribution in [0.1, 0.15) is 10.4 Å². The summed E-state index contributed by atoms with van der Waals surface area (Å²) in [6.07, 6.45) is -5.07. The van der Waals surface area contributed by atoms with E-state index in [-0.39, 0.29) is 0 Å². The van der Waals surface area contributed by atoms with Gasteiger partial charge in [-0.25, -0.2) is 4.39 Å². The lowest BCUT2D eigenvalue weighted by molar-refractivity contribution is -0.274. The van der Waals surface area contributed by atoms with Gasteiger partial charge in [0.05, 0.1) is 5.69 Å². The predicted molar refractivity (Wildman–Crippen MR) is 46.0 cm³/mol. The Bertz CT molecular complexity index is 431. The molecular formula is C8H6F4N2O2. The fourth-order valence-electron chi connectivity index (χ4n) is 1.07. The number of nitrogens with two attached hydrogens (primary N) is 2.